The van der Waals surface area contributed by atoms with Crippen LogP contribution in [0, 0.1) is 17.6 Å². The van der Waals surface area contributed by atoms with Crippen LogP contribution in [-0.2, 0) is 23.9 Å². The van der Waals surface area contributed by atoms with Crippen molar-refractivity contribution in [1.82, 2.24) is 0 Å². The maximum atomic E-state index is 14.6. The summed E-state index contributed by atoms with van der Waals surface area (Å²) in [6.45, 7) is 3.38. The van der Waals surface area contributed by atoms with Crippen molar-refractivity contribution in [1.29, 1.82) is 0 Å². The van der Waals surface area contributed by atoms with Gasteiger partial charge in [0.2, 0.25) is 0 Å². The molecule has 2 aliphatic rings. The Morgan fingerprint density at radius 2 is 1.73 bits per heavy atom. The number of allylic oxidation sites excluding steroid dienone is 2. The van der Waals surface area contributed by atoms with Gasteiger partial charge in [-0.15, -0.1) is 11.3 Å². The van der Waals surface area contributed by atoms with Gasteiger partial charge in [0.25, 0.3) is 0 Å². The van der Waals surface area contributed by atoms with E-state index in [-0.39, 0.29) is 36.6 Å². The molecule has 0 amide bonds. The summed E-state index contributed by atoms with van der Waals surface area (Å²) in [5.41, 5.74) is 7.90. The van der Waals surface area contributed by atoms with Crippen LogP contribution in [0.25, 0.3) is 0 Å². The number of anilines is 1. The van der Waals surface area contributed by atoms with Crippen molar-refractivity contribution in [3.05, 3.63) is 111 Å². The number of nitrogens with zero attached hydrogens (tertiary/aromatic N) is 1. The fraction of sp³-hybridized carbons (Fsp3) is 0.258. The van der Waals surface area contributed by atoms with Gasteiger partial charge in [-0.1, -0.05) is 18.2 Å². The zero-order chi connectivity index (χ0) is 29.3. The summed E-state index contributed by atoms with van der Waals surface area (Å²) in [5, 5.41) is 1.85. The normalized spacial score (nSPS) is 20.6. The second kappa shape index (κ2) is 11.7. The lowest BCUT2D eigenvalue weighted by molar-refractivity contribution is -0.152. The van der Waals surface area contributed by atoms with E-state index in [1.807, 2.05) is 17.5 Å². The zero-order valence-corrected chi connectivity index (χ0v) is 23.3. The lowest BCUT2D eigenvalue weighted by Crippen LogP contribution is -2.46. The number of ether oxygens (including phenoxy) is 2. The second-order valence-corrected chi connectivity index (χ2v) is 10.6. The standard InChI is InChI=1S/C31H28F2N2O5S/c1-3-39-30(37)25-21(23-9-6-14-41-23)16-22-26(28(25)36)24(17-7-5-8-19(33)15-17)27(31(38)40-4-2)29(34)35(22)20-12-10-18(32)11-13-20/h5-15,21,24-25H,3-4,16,34H2,1-2H3/t21-,24-,25-/m0/s1. The molecule has 2 aromatic carbocycles. The molecule has 1 aliphatic heterocycles. The van der Waals surface area contributed by atoms with E-state index in [9.17, 15) is 23.2 Å². The Morgan fingerprint density at radius 1 is 1.00 bits per heavy atom. The third-order valence-electron chi connectivity index (χ3n) is 7.25. The fourth-order valence-electron chi connectivity index (χ4n) is 5.61. The van der Waals surface area contributed by atoms with E-state index in [4.69, 9.17) is 15.2 Å². The minimum absolute atomic E-state index is 0.0216. The molecular formula is C31H28F2N2O5S. The number of ketones is 1. The Morgan fingerprint density at radius 3 is 2.37 bits per heavy atom. The highest BCUT2D eigenvalue weighted by Gasteiger charge is 2.51. The average molecular weight is 579 g/mol. The van der Waals surface area contributed by atoms with Crippen LogP contribution in [0.5, 0.6) is 0 Å². The first-order valence-corrected chi connectivity index (χ1v) is 14.1. The molecule has 0 unspecified atom stereocenters. The molecule has 10 heteroatoms. The van der Waals surface area contributed by atoms with Gasteiger partial charge in [0, 0.05) is 27.8 Å². The highest BCUT2D eigenvalue weighted by molar-refractivity contribution is 7.10. The highest BCUT2D eigenvalue weighted by Crippen LogP contribution is 2.52. The van der Waals surface area contributed by atoms with Crippen molar-refractivity contribution in [3.8, 4) is 0 Å². The molecule has 1 aromatic heterocycles. The number of rotatable bonds is 7. The van der Waals surface area contributed by atoms with E-state index in [1.165, 1.54) is 58.7 Å². The summed E-state index contributed by atoms with van der Waals surface area (Å²) in [4.78, 5) is 43.7. The monoisotopic (exact) mass is 578 g/mol. The van der Waals surface area contributed by atoms with Gasteiger partial charge >= 0.3 is 11.9 Å². The van der Waals surface area contributed by atoms with Gasteiger partial charge in [0.05, 0.1) is 24.7 Å². The highest BCUT2D eigenvalue weighted by atomic mass is 32.1. The number of hydrogen-bond acceptors (Lipinski definition) is 8. The maximum absolute atomic E-state index is 14.6. The summed E-state index contributed by atoms with van der Waals surface area (Å²) >= 11 is 1.40. The lowest BCUT2D eigenvalue weighted by atomic mass is 9.68. The number of hydrogen-bond donors (Lipinski definition) is 1. The summed E-state index contributed by atoms with van der Waals surface area (Å²) < 4.78 is 39.2. The summed E-state index contributed by atoms with van der Waals surface area (Å²) in [6, 6.07) is 14.7. The molecule has 41 heavy (non-hydrogen) atoms. The van der Waals surface area contributed by atoms with Gasteiger partial charge in [-0.05, 0) is 73.7 Å². The molecule has 0 radical (unpaired) electrons. The quantitative estimate of drug-likeness (QED) is 0.290. The van der Waals surface area contributed by atoms with E-state index < -0.39 is 47.1 Å². The van der Waals surface area contributed by atoms with Crippen molar-refractivity contribution in [3.63, 3.8) is 0 Å². The molecule has 0 fully saturated rings. The first kappa shape index (κ1) is 28.2. The number of carbonyl (C=O) groups is 3. The van der Waals surface area contributed by atoms with Crippen molar-refractivity contribution in [2.45, 2.75) is 32.1 Å². The van der Waals surface area contributed by atoms with E-state index in [0.29, 0.717) is 16.9 Å². The molecule has 0 saturated heterocycles. The molecule has 2 N–H and O–H groups in total. The Kier molecular flexibility index (Phi) is 8.03. The number of thiophene rings is 1. The Labute approximate surface area is 239 Å². The first-order chi connectivity index (χ1) is 19.8. The van der Waals surface area contributed by atoms with Gasteiger partial charge < -0.3 is 15.2 Å². The van der Waals surface area contributed by atoms with E-state index in [1.54, 1.807) is 19.9 Å². The number of halogens is 2. The van der Waals surface area contributed by atoms with Crippen LogP contribution < -0.4 is 10.6 Å². The third-order valence-corrected chi connectivity index (χ3v) is 8.25. The fourth-order valence-corrected chi connectivity index (χ4v) is 6.48. The summed E-state index contributed by atoms with van der Waals surface area (Å²) in [7, 11) is 0. The third kappa shape index (κ3) is 5.15. The van der Waals surface area contributed by atoms with E-state index in [2.05, 4.69) is 0 Å². The van der Waals surface area contributed by atoms with Gasteiger partial charge in [0.15, 0.2) is 5.78 Å². The lowest BCUT2D eigenvalue weighted by Gasteiger charge is -2.43. The predicted octanol–water partition coefficient (Wildman–Crippen LogP) is 5.55. The molecule has 3 aromatic rings. The van der Waals surface area contributed by atoms with Gasteiger partial charge in [-0.25, -0.2) is 13.6 Å². The van der Waals surface area contributed by atoms with Gasteiger partial charge in [0.1, 0.15) is 23.4 Å². The Hall–Kier alpha value is -4.31. The number of benzene rings is 2. The minimum atomic E-state index is -1.21. The Bertz CT molecular complexity index is 1550. The van der Waals surface area contributed by atoms with Crippen molar-refractivity contribution in [2.75, 3.05) is 18.1 Å². The van der Waals surface area contributed by atoms with E-state index in [0.717, 1.165) is 4.88 Å². The van der Waals surface area contributed by atoms with Crippen LogP contribution in [0.3, 0.4) is 0 Å². The van der Waals surface area contributed by atoms with Crippen molar-refractivity contribution in [2.24, 2.45) is 11.7 Å². The summed E-state index contributed by atoms with van der Waals surface area (Å²) in [6.07, 6.45) is 0.172. The van der Waals surface area contributed by atoms with Crippen LogP contribution >= 0.6 is 11.3 Å². The molecule has 3 atom stereocenters. The Balaban J connectivity index is 1.82. The first-order valence-electron chi connectivity index (χ1n) is 13.2. The molecule has 7 nitrogen and oxygen atoms in total. The van der Waals surface area contributed by atoms with Crippen LogP contribution in [0.1, 0.15) is 42.5 Å². The molecular weight excluding hydrogens is 550 g/mol. The van der Waals surface area contributed by atoms with Crippen LogP contribution in [0.15, 0.2) is 88.7 Å². The predicted molar refractivity (Wildman–Crippen MR) is 150 cm³/mol. The minimum Gasteiger partial charge on any atom is -0.465 e. The number of nitrogens with two attached hydrogens (primary N) is 1. The smallest absolute Gasteiger partial charge is 0.338 e. The largest absolute Gasteiger partial charge is 0.465 e. The molecule has 1 aliphatic carbocycles. The molecule has 0 bridgehead atoms. The topological polar surface area (TPSA) is 98.9 Å². The zero-order valence-electron chi connectivity index (χ0n) is 22.4. The second-order valence-electron chi connectivity index (χ2n) is 9.60. The SMILES string of the molecule is CCOC(=O)C1=C(N)N(c2ccc(F)cc2)C2=C(C(=O)[C@@H](C(=O)OCC)[C@H](c3cccs3)C2)[C@@H]1c1cccc(F)c1. The average Bonchev–Trinajstić information content (AvgIpc) is 3.48. The molecule has 212 valence electrons. The number of Topliss-reactive ketones (excluding diaryl/α,β-unsaturated/α-hetero) is 1. The number of esters is 2. The molecule has 2 heterocycles. The number of carbonyl (C=O) groups excluding carboxylic acids is 3. The van der Waals surface area contributed by atoms with Gasteiger partial charge in [-0.2, -0.15) is 0 Å². The van der Waals surface area contributed by atoms with E-state index >= 15 is 0 Å². The van der Waals surface area contributed by atoms with Crippen molar-refractivity contribution < 1.29 is 32.6 Å². The molecule has 5 rings (SSSR count). The van der Waals surface area contributed by atoms with Crippen LogP contribution in [-0.4, -0.2) is 30.9 Å². The molecule has 0 saturated carbocycles. The van der Waals surface area contributed by atoms with Crippen LogP contribution in [0.4, 0.5) is 14.5 Å². The van der Waals surface area contributed by atoms with Crippen molar-refractivity contribution >= 4 is 34.7 Å². The van der Waals surface area contributed by atoms with Crippen LogP contribution in [0.2, 0.25) is 0 Å². The molecule has 0 spiro atoms. The maximum Gasteiger partial charge on any atom is 0.338 e. The van der Waals surface area contributed by atoms with Gasteiger partial charge in [-0.3, -0.25) is 14.5 Å². The summed E-state index contributed by atoms with van der Waals surface area (Å²) in [5.74, 6) is -6.04.